The van der Waals surface area contributed by atoms with Gasteiger partial charge in [0.2, 0.25) is 0 Å². The molecule has 0 aliphatic carbocycles. The van der Waals surface area contributed by atoms with Gasteiger partial charge in [0.05, 0.1) is 15.2 Å². The van der Waals surface area contributed by atoms with Crippen LogP contribution < -0.4 is 0 Å². The van der Waals surface area contributed by atoms with Gasteiger partial charge in [-0.25, -0.2) is 8.42 Å². The highest BCUT2D eigenvalue weighted by Crippen LogP contribution is 2.38. The molecule has 1 aliphatic heterocycles. The van der Waals surface area contributed by atoms with Crippen LogP contribution in [-0.4, -0.2) is 44.9 Å². The Kier molecular flexibility index (Phi) is 12.5. The summed E-state index contributed by atoms with van der Waals surface area (Å²) in [6, 6.07) is 6.90. The maximum absolute atomic E-state index is 13.5. The van der Waals surface area contributed by atoms with Crippen molar-refractivity contribution in [2.24, 2.45) is 0 Å². The monoisotopic (exact) mass is 560 g/mol. The van der Waals surface area contributed by atoms with Gasteiger partial charge in [-0.1, -0.05) is 48.5 Å². The van der Waals surface area contributed by atoms with Gasteiger partial charge in [-0.05, 0) is 90.0 Å². The zero-order valence-electron chi connectivity index (χ0n) is 21.6. The van der Waals surface area contributed by atoms with E-state index >= 15 is 0 Å². The lowest BCUT2D eigenvalue weighted by atomic mass is 9.88. The Morgan fingerprint density at radius 3 is 2.32 bits per heavy atom. The largest absolute Gasteiger partial charge is 0.381 e. The molecule has 34 heavy (non-hydrogen) atoms. The molecular weight excluding hydrogens is 516 g/mol. The fraction of sp³-hybridized carbons (Fsp3) is 0.778. The molecule has 0 N–H and O–H groups in total. The van der Waals surface area contributed by atoms with E-state index in [-0.39, 0.29) is 6.29 Å². The van der Waals surface area contributed by atoms with E-state index in [2.05, 4.69) is 29.8 Å². The fourth-order valence-electron chi connectivity index (χ4n) is 4.64. The third-order valence-corrected chi connectivity index (χ3v) is 9.61. The Hall–Kier alpha value is -0.470. The lowest BCUT2D eigenvalue weighted by Gasteiger charge is -2.40. The zero-order valence-corrected chi connectivity index (χ0v) is 24.0. The van der Waals surface area contributed by atoms with Gasteiger partial charge in [0.1, 0.15) is 0 Å². The van der Waals surface area contributed by atoms with Crippen LogP contribution in [0.5, 0.6) is 0 Å². The van der Waals surface area contributed by atoms with E-state index in [1.807, 2.05) is 13.8 Å². The first kappa shape index (κ1) is 29.8. The molecule has 1 aromatic carbocycles. The number of sulfone groups is 1. The van der Waals surface area contributed by atoms with Gasteiger partial charge < -0.3 is 14.2 Å². The van der Waals surface area contributed by atoms with Gasteiger partial charge in [-0.3, -0.25) is 0 Å². The molecule has 1 saturated heterocycles. The van der Waals surface area contributed by atoms with Crippen LogP contribution in [0, 0.1) is 0 Å². The van der Waals surface area contributed by atoms with E-state index in [1.165, 1.54) is 0 Å². The highest BCUT2D eigenvalue weighted by molar-refractivity contribution is 9.10. The Morgan fingerprint density at radius 1 is 1.00 bits per heavy atom. The lowest BCUT2D eigenvalue weighted by molar-refractivity contribution is -0.225. The van der Waals surface area contributed by atoms with Crippen LogP contribution in [0.2, 0.25) is 0 Å². The summed E-state index contributed by atoms with van der Waals surface area (Å²) in [6.45, 7) is 10.3. The molecule has 0 saturated carbocycles. The van der Waals surface area contributed by atoms with Gasteiger partial charge in [0.25, 0.3) is 0 Å². The zero-order chi connectivity index (χ0) is 25.1. The van der Waals surface area contributed by atoms with Crippen LogP contribution in [0.4, 0.5) is 0 Å². The van der Waals surface area contributed by atoms with Crippen molar-refractivity contribution >= 4 is 25.8 Å². The number of hydrogen-bond donors (Lipinski definition) is 0. The first-order chi connectivity index (χ1) is 16.1. The number of ether oxygens (including phenoxy) is 3. The van der Waals surface area contributed by atoms with Crippen molar-refractivity contribution in [1.82, 2.24) is 0 Å². The van der Waals surface area contributed by atoms with Gasteiger partial charge in [0.15, 0.2) is 16.1 Å². The van der Waals surface area contributed by atoms with Crippen molar-refractivity contribution in [3.8, 4) is 0 Å². The summed E-state index contributed by atoms with van der Waals surface area (Å²) in [5, 5.41) is 0. The van der Waals surface area contributed by atoms with Gasteiger partial charge in [0, 0.05) is 24.3 Å². The quantitative estimate of drug-likeness (QED) is 0.196. The average Bonchev–Trinajstić information content (AvgIpc) is 2.78. The summed E-state index contributed by atoms with van der Waals surface area (Å²) in [6.07, 6.45) is 10.5. The average molecular weight is 562 g/mol. The molecule has 196 valence electrons. The van der Waals surface area contributed by atoms with E-state index in [4.69, 9.17) is 14.2 Å². The second kappa shape index (κ2) is 14.3. The minimum atomic E-state index is -3.54. The molecule has 1 heterocycles. The molecule has 2 rings (SSSR count). The highest BCUT2D eigenvalue weighted by Gasteiger charge is 2.43. The van der Waals surface area contributed by atoms with Crippen LogP contribution in [0.25, 0.3) is 0 Å². The summed E-state index contributed by atoms with van der Waals surface area (Å²) in [5.41, 5.74) is -0.578. The summed E-state index contributed by atoms with van der Waals surface area (Å²) in [4.78, 5) is 0.347. The maximum atomic E-state index is 13.5. The topological polar surface area (TPSA) is 61.8 Å². The number of hydrogen-bond acceptors (Lipinski definition) is 5. The third-order valence-electron chi connectivity index (χ3n) is 6.59. The van der Waals surface area contributed by atoms with Crippen molar-refractivity contribution in [2.45, 2.75) is 120 Å². The molecule has 2 unspecified atom stereocenters. The SMILES string of the molecule is CCCCOCCCCCCC(C)(CC(C)(C)S(=O)(=O)c1ccc(Br)cc1)OC1CCCCO1. The standard InChI is InChI=1S/C27H45BrO5S/c1-5-6-19-31-20-11-8-7-10-18-27(4,33-25-13-9-12-21-32-25)22-26(2,3)34(29,30)24-16-14-23(28)15-17-24/h14-17,25H,5-13,18-22H2,1-4H3. The number of benzene rings is 1. The molecule has 1 aliphatic rings. The van der Waals surface area contributed by atoms with E-state index in [1.54, 1.807) is 24.3 Å². The van der Waals surface area contributed by atoms with Gasteiger partial charge in [-0.2, -0.15) is 0 Å². The summed E-state index contributed by atoms with van der Waals surface area (Å²) >= 11 is 3.39. The third kappa shape index (κ3) is 9.53. The van der Waals surface area contributed by atoms with Crippen LogP contribution in [0.1, 0.15) is 98.3 Å². The van der Waals surface area contributed by atoms with Crippen LogP contribution in [0.15, 0.2) is 33.6 Å². The number of halogens is 1. The first-order valence-corrected chi connectivity index (χ1v) is 15.2. The summed E-state index contributed by atoms with van der Waals surface area (Å²) in [7, 11) is -3.54. The van der Waals surface area contributed by atoms with Crippen molar-refractivity contribution in [2.75, 3.05) is 19.8 Å². The van der Waals surface area contributed by atoms with Crippen LogP contribution >= 0.6 is 15.9 Å². The molecule has 0 radical (unpaired) electrons. The predicted octanol–water partition coefficient (Wildman–Crippen LogP) is 7.46. The van der Waals surface area contributed by atoms with Crippen molar-refractivity contribution in [3.05, 3.63) is 28.7 Å². The second-order valence-electron chi connectivity index (χ2n) is 10.4. The molecule has 0 spiro atoms. The summed E-state index contributed by atoms with van der Waals surface area (Å²) < 4.78 is 45.0. The summed E-state index contributed by atoms with van der Waals surface area (Å²) in [5.74, 6) is 0. The van der Waals surface area contributed by atoms with Crippen LogP contribution in [-0.2, 0) is 24.0 Å². The molecule has 0 amide bonds. The Morgan fingerprint density at radius 2 is 1.68 bits per heavy atom. The van der Waals surface area contributed by atoms with Gasteiger partial charge >= 0.3 is 0 Å². The van der Waals surface area contributed by atoms with Crippen molar-refractivity contribution in [3.63, 3.8) is 0 Å². The Bertz CT molecular complexity index is 803. The van der Waals surface area contributed by atoms with E-state index in [0.29, 0.717) is 17.9 Å². The molecule has 2 atom stereocenters. The van der Waals surface area contributed by atoms with E-state index in [0.717, 1.165) is 81.9 Å². The Labute approximate surface area is 216 Å². The lowest BCUT2D eigenvalue weighted by Crippen LogP contribution is -2.45. The van der Waals surface area contributed by atoms with Crippen molar-refractivity contribution in [1.29, 1.82) is 0 Å². The molecule has 0 bridgehead atoms. The second-order valence-corrected chi connectivity index (χ2v) is 13.9. The Balaban J connectivity index is 2.01. The molecule has 7 heteroatoms. The molecule has 0 aromatic heterocycles. The fourth-order valence-corrected chi connectivity index (χ4v) is 6.54. The number of unbranched alkanes of at least 4 members (excludes halogenated alkanes) is 4. The predicted molar refractivity (Wildman–Crippen MR) is 142 cm³/mol. The first-order valence-electron chi connectivity index (χ1n) is 13.0. The molecule has 5 nitrogen and oxygen atoms in total. The molecule has 1 aromatic rings. The van der Waals surface area contributed by atoms with E-state index in [9.17, 15) is 8.42 Å². The number of rotatable bonds is 16. The van der Waals surface area contributed by atoms with E-state index < -0.39 is 20.2 Å². The minimum Gasteiger partial charge on any atom is -0.381 e. The van der Waals surface area contributed by atoms with Crippen molar-refractivity contribution < 1.29 is 22.6 Å². The minimum absolute atomic E-state index is 0.253. The van der Waals surface area contributed by atoms with Gasteiger partial charge in [-0.15, -0.1) is 0 Å². The molecular formula is C27H45BrO5S. The highest BCUT2D eigenvalue weighted by atomic mass is 79.9. The normalized spacial score (nSPS) is 19.1. The maximum Gasteiger partial charge on any atom is 0.183 e. The van der Waals surface area contributed by atoms with Crippen LogP contribution in [0.3, 0.4) is 0 Å². The smallest absolute Gasteiger partial charge is 0.183 e. The molecule has 1 fully saturated rings.